The molecule has 0 amide bonds. The van der Waals surface area contributed by atoms with Gasteiger partial charge in [-0.15, -0.1) is 0 Å². The van der Waals surface area contributed by atoms with Crippen LogP contribution in [0.1, 0.15) is 104 Å². The van der Waals surface area contributed by atoms with E-state index in [0.29, 0.717) is 0 Å². The smallest absolute Gasteiger partial charge is 0.241 e. The minimum Gasteiger partial charge on any atom is -0.386 e. The van der Waals surface area contributed by atoms with Crippen LogP contribution in [-0.4, -0.2) is 89.2 Å². The summed E-state index contributed by atoms with van der Waals surface area (Å²) in [6.07, 6.45) is -5.76. The number of ketones is 6. The van der Waals surface area contributed by atoms with Gasteiger partial charge in [-0.3, -0.25) is 28.8 Å². The molecular formula is C31H52O11. The zero-order valence-electron chi connectivity index (χ0n) is 27.8. The van der Waals surface area contributed by atoms with Gasteiger partial charge in [-0.2, -0.15) is 0 Å². The Balaban J connectivity index is 8.76. The number of carbonyl (C=O) groups is 6. The summed E-state index contributed by atoms with van der Waals surface area (Å²) < 4.78 is 0. The van der Waals surface area contributed by atoms with E-state index in [2.05, 4.69) is 0 Å². The molecule has 0 aromatic carbocycles. The van der Waals surface area contributed by atoms with E-state index in [9.17, 15) is 54.3 Å². The van der Waals surface area contributed by atoms with Gasteiger partial charge in [0.1, 0.15) is 12.2 Å². The van der Waals surface area contributed by atoms with Gasteiger partial charge in [0.2, 0.25) is 22.8 Å². The van der Waals surface area contributed by atoms with Crippen molar-refractivity contribution in [2.45, 2.75) is 133 Å². The largest absolute Gasteiger partial charge is 0.386 e. The second-order valence-corrected chi connectivity index (χ2v) is 16.3. The van der Waals surface area contributed by atoms with E-state index < -0.39 is 90.8 Å². The summed E-state index contributed by atoms with van der Waals surface area (Å²) in [5, 5.41) is 59.7. The number of aliphatic hydroxyl groups excluding tert-OH is 2. The Morgan fingerprint density at radius 1 is 0.452 bits per heavy atom. The van der Waals surface area contributed by atoms with Crippen LogP contribution in [0.2, 0.25) is 0 Å². The first-order valence-electron chi connectivity index (χ1n) is 13.8. The standard InChI is InChI=1S/C31H52O11/c1-24(2,3)17(33)16(32)18(34)29(40,21(37)26(7,8)9)31(42,23(39)28(13,14)15)30(41,22(38)27(10,11)12)20(36)19(35)25(4,5)6/h16,18,32,34,40-42H,1-15H3/t16?,18-,29+,30-,31+/m1/s1. The van der Waals surface area contributed by atoms with Gasteiger partial charge in [0.05, 0.1) is 0 Å². The first kappa shape index (κ1) is 39.8. The van der Waals surface area contributed by atoms with Crippen molar-refractivity contribution in [2.75, 3.05) is 0 Å². The van der Waals surface area contributed by atoms with Crippen LogP contribution in [0.5, 0.6) is 0 Å². The molecule has 5 N–H and O–H groups in total. The van der Waals surface area contributed by atoms with E-state index in [1.165, 1.54) is 104 Å². The van der Waals surface area contributed by atoms with Gasteiger partial charge in [0.25, 0.3) is 0 Å². The number of hydrogen-bond donors (Lipinski definition) is 5. The van der Waals surface area contributed by atoms with Crippen LogP contribution in [0, 0.1) is 27.1 Å². The summed E-state index contributed by atoms with van der Waals surface area (Å²) in [5.41, 5.74) is -21.1. The lowest BCUT2D eigenvalue weighted by atomic mass is 9.52. The number of rotatable bonds is 10. The molecule has 5 atom stereocenters. The Morgan fingerprint density at radius 2 is 0.786 bits per heavy atom. The van der Waals surface area contributed by atoms with Crippen molar-refractivity contribution in [3.05, 3.63) is 0 Å². The lowest BCUT2D eigenvalue weighted by molar-refractivity contribution is -0.260. The molecule has 11 nitrogen and oxygen atoms in total. The van der Waals surface area contributed by atoms with Crippen molar-refractivity contribution in [1.82, 2.24) is 0 Å². The molecule has 0 bridgehead atoms. The molecule has 0 aliphatic carbocycles. The summed E-state index contributed by atoms with van der Waals surface area (Å²) >= 11 is 0. The molecule has 0 aromatic rings. The summed E-state index contributed by atoms with van der Waals surface area (Å²) in [4.78, 5) is 83.0. The molecule has 0 rings (SSSR count). The van der Waals surface area contributed by atoms with Crippen molar-refractivity contribution in [3.63, 3.8) is 0 Å². The number of carbonyl (C=O) groups excluding carboxylic acids is 6. The normalized spacial score (nSPS) is 19.4. The average Bonchev–Trinajstić information content (AvgIpc) is 2.80. The maximum Gasteiger partial charge on any atom is 0.241 e. The molecule has 0 spiro atoms. The number of aliphatic hydroxyl groups is 5. The molecule has 0 saturated heterocycles. The average molecular weight is 601 g/mol. The Kier molecular flexibility index (Phi) is 10.8. The first-order valence-corrected chi connectivity index (χ1v) is 13.8. The second-order valence-electron chi connectivity index (χ2n) is 16.3. The maximum atomic E-state index is 14.3. The van der Waals surface area contributed by atoms with Crippen LogP contribution in [0.4, 0.5) is 0 Å². The van der Waals surface area contributed by atoms with Gasteiger partial charge in [-0.25, -0.2) is 0 Å². The molecule has 0 fully saturated rings. The van der Waals surface area contributed by atoms with Crippen LogP contribution in [0.3, 0.4) is 0 Å². The van der Waals surface area contributed by atoms with E-state index in [4.69, 9.17) is 0 Å². The third-order valence-corrected chi connectivity index (χ3v) is 7.07. The Bertz CT molecular complexity index is 1130. The monoisotopic (exact) mass is 600 g/mol. The van der Waals surface area contributed by atoms with Crippen molar-refractivity contribution in [1.29, 1.82) is 0 Å². The zero-order valence-corrected chi connectivity index (χ0v) is 27.8. The Labute approximate surface area is 249 Å². The molecule has 0 radical (unpaired) electrons. The van der Waals surface area contributed by atoms with Gasteiger partial charge >= 0.3 is 0 Å². The maximum absolute atomic E-state index is 14.3. The third-order valence-electron chi connectivity index (χ3n) is 7.07. The van der Waals surface area contributed by atoms with E-state index in [1.807, 2.05) is 0 Å². The lowest BCUT2D eigenvalue weighted by Crippen LogP contribution is -2.86. The summed E-state index contributed by atoms with van der Waals surface area (Å²) in [5.74, 6) is -9.57. The zero-order chi connectivity index (χ0) is 34.6. The molecule has 0 aliphatic heterocycles. The van der Waals surface area contributed by atoms with Crippen LogP contribution < -0.4 is 0 Å². The highest BCUT2D eigenvalue weighted by Crippen LogP contribution is 2.49. The third kappa shape index (κ3) is 6.65. The molecule has 42 heavy (non-hydrogen) atoms. The lowest BCUT2D eigenvalue weighted by Gasteiger charge is -2.54. The molecule has 0 aromatic heterocycles. The topological polar surface area (TPSA) is 204 Å². The molecule has 0 aliphatic rings. The van der Waals surface area contributed by atoms with Gasteiger partial charge in [0, 0.05) is 27.1 Å². The molecular weight excluding hydrogens is 548 g/mol. The van der Waals surface area contributed by atoms with Gasteiger partial charge < -0.3 is 25.5 Å². The van der Waals surface area contributed by atoms with Gasteiger partial charge in [-0.1, -0.05) is 104 Å². The highest BCUT2D eigenvalue weighted by Gasteiger charge is 2.80. The van der Waals surface area contributed by atoms with E-state index in [0.717, 1.165) is 0 Å². The fourth-order valence-electron chi connectivity index (χ4n) is 4.54. The van der Waals surface area contributed by atoms with Crippen LogP contribution >= 0.6 is 0 Å². The quantitative estimate of drug-likeness (QED) is 0.180. The van der Waals surface area contributed by atoms with Crippen LogP contribution in [-0.2, 0) is 28.8 Å². The minimum absolute atomic E-state index is 1.15. The summed E-state index contributed by atoms with van der Waals surface area (Å²) in [7, 11) is 0. The van der Waals surface area contributed by atoms with Crippen LogP contribution in [0.25, 0.3) is 0 Å². The van der Waals surface area contributed by atoms with E-state index in [1.54, 1.807) is 0 Å². The molecule has 242 valence electrons. The predicted octanol–water partition coefficient (Wildman–Crippen LogP) is 1.55. The van der Waals surface area contributed by atoms with Crippen molar-refractivity contribution >= 4 is 34.7 Å². The predicted molar refractivity (Wildman–Crippen MR) is 154 cm³/mol. The van der Waals surface area contributed by atoms with Crippen LogP contribution in [0.15, 0.2) is 0 Å². The summed E-state index contributed by atoms with van der Waals surface area (Å²) in [6, 6.07) is 0. The van der Waals surface area contributed by atoms with Crippen molar-refractivity contribution in [2.24, 2.45) is 27.1 Å². The molecule has 11 heteroatoms. The highest BCUT2D eigenvalue weighted by atomic mass is 16.4. The fourth-order valence-corrected chi connectivity index (χ4v) is 4.54. The molecule has 1 unspecified atom stereocenters. The SMILES string of the molecule is CC(C)(C)C(=O)C(=O)[C@@](O)(C(=O)C(C)(C)C)[C@](O)(C(=O)C(C)(C)C)[C@@](O)(C(=O)C(C)(C)C)[C@H](O)C(O)C(=O)C(C)(C)C. The Hall–Kier alpha value is -2.18. The van der Waals surface area contributed by atoms with Crippen molar-refractivity contribution < 1.29 is 54.3 Å². The second kappa shape index (κ2) is 11.4. The highest BCUT2D eigenvalue weighted by molar-refractivity contribution is 6.48. The van der Waals surface area contributed by atoms with E-state index >= 15 is 0 Å². The molecule has 0 saturated carbocycles. The number of hydrogen-bond acceptors (Lipinski definition) is 11. The van der Waals surface area contributed by atoms with E-state index in [-0.39, 0.29) is 0 Å². The Morgan fingerprint density at radius 3 is 1.05 bits per heavy atom. The first-order chi connectivity index (χ1) is 18.0. The molecule has 0 heterocycles. The number of Topliss-reactive ketones (excluding diaryl/α,β-unsaturated/α-hetero) is 6. The van der Waals surface area contributed by atoms with Gasteiger partial charge in [-0.05, 0) is 0 Å². The summed E-state index contributed by atoms with van der Waals surface area (Å²) in [6.45, 7) is 18.5. The fraction of sp³-hybridized carbons (Fsp3) is 0.806. The van der Waals surface area contributed by atoms with Gasteiger partial charge in [0.15, 0.2) is 28.7 Å². The minimum atomic E-state index is -4.32. The van der Waals surface area contributed by atoms with Crippen molar-refractivity contribution in [3.8, 4) is 0 Å².